The minimum absolute atomic E-state index is 0.0274. The van der Waals surface area contributed by atoms with Gasteiger partial charge in [0.15, 0.2) is 0 Å². The Bertz CT molecular complexity index is 760. The third-order valence-corrected chi connectivity index (χ3v) is 4.63. The molecule has 21 heavy (non-hydrogen) atoms. The zero-order valence-electron chi connectivity index (χ0n) is 11.4. The van der Waals surface area contributed by atoms with Gasteiger partial charge in [0.2, 0.25) is 0 Å². The second-order valence-electron chi connectivity index (χ2n) is 4.83. The first kappa shape index (κ1) is 14.4. The van der Waals surface area contributed by atoms with Crippen LogP contribution in [0.25, 0.3) is 10.9 Å². The van der Waals surface area contributed by atoms with E-state index in [9.17, 15) is 0 Å². The lowest BCUT2D eigenvalue weighted by molar-refractivity contribution is 0.832. The van der Waals surface area contributed by atoms with E-state index in [2.05, 4.69) is 29.2 Å². The van der Waals surface area contributed by atoms with Crippen LogP contribution in [-0.4, -0.2) is 10.7 Å². The number of hydrogen-bond donors (Lipinski definition) is 1. The molecule has 0 fully saturated rings. The van der Waals surface area contributed by atoms with Gasteiger partial charge >= 0.3 is 0 Å². The SMILES string of the molecule is NC(CSc1cccc(Cl)c1)c1ccc2cccnc2c1. The van der Waals surface area contributed by atoms with E-state index in [0.29, 0.717) is 0 Å². The summed E-state index contributed by atoms with van der Waals surface area (Å²) in [6, 6.07) is 18.0. The van der Waals surface area contributed by atoms with E-state index < -0.39 is 0 Å². The lowest BCUT2D eigenvalue weighted by atomic mass is 10.1. The maximum absolute atomic E-state index is 6.29. The van der Waals surface area contributed by atoms with Crippen molar-refractivity contribution in [3.05, 3.63) is 71.4 Å². The van der Waals surface area contributed by atoms with Crippen molar-refractivity contribution in [2.75, 3.05) is 5.75 Å². The lowest BCUT2D eigenvalue weighted by Gasteiger charge is -2.12. The number of nitrogens with two attached hydrogens (primary N) is 1. The Hall–Kier alpha value is -1.55. The molecule has 0 aliphatic heterocycles. The molecule has 0 amide bonds. The minimum atomic E-state index is -0.0274. The highest BCUT2D eigenvalue weighted by Crippen LogP contribution is 2.26. The number of aromatic nitrogens is 1. The van der Waals surface area contributed by atoms with Crippen molar-refractivity contribution in [3.8, 4) is 0 Å². The maximum atomic E-state index is 6.29. The van der Waals surface area contributed by atoms with E-state index in [1.807, 2.05) is 30.3 Å². The first-order valence-corrected chi connectivity index (χ1v) is 8.07. The molecule has 3 rings (SSSR count). The Kier molecular flexibility index (Phi) is 4.44. The van der Waals surface area contributed by atoms with Crippen LogP contribution < -0.4 is 5.73 Å². The molecule has 2 nitrogen and oxygen atoms in total. The van der Waals surface area contributed by atoms with Crippen molar-refractivity contribution in [2.45, 2.75) is 10.9 Å². The quantitative estimate of drug-likeness (QED) is 0.711. The van der Waals surface area contributed by atoms with Crippen molar-refractivity contribution in [1.82, 2.24) is 4.98 Å². The molecule has 3 aromatic rings. The molecule has 0 aliphatic carbocycles. The van der Waals surface area contributed by atoms with Gasteiger partial charge in [-0.05, 0) is 35.9 Å². The van der Waals surface area contributed by atoms with Crippen LogP contribution in [0.15, 0.2) is 65.7 Å². The summed E-state index contributed by atoms with van der Waals surface area (Å²) in [6.45, 7) is 0. The summed E-state index contributed by atoms with van der Waals surface area (Å²) < 4.78 is 0. The van der Waals surface area contributed by atoms with Crippen LogP contribution in [-0.2, 0) is 0 Å². The highest BCUT2D eigenvalue weighted by atomic mass is 35.5. The second kappa shape index (κ2) is 6.48. The summed E-state index contributed by atoms with van der Waals surface area (Å²) >= 11 is 7.70. The third-order valence-electron chi connectivity index (χ3n) is 3.28. The second-order valence-corrected chi connectivity index (χ2v) is 6.36. The zero-order chi connectivity index (χ0) is 14.7. The summed E-state index contributed by atoms with van der Waals surface area (Å²) in [6.07, 6.45) is 1.80. The molecule has 2 N–H and O–H groups in total. The Labute approximate surface area is 133 Å². The molecule has 0 spiro atoms. The van der Waals surface area contributed by atoms with Gasteiger partial charge in [0, 0.05) is 33.3 Å². The van der Waals surface area contributed by atoms with Crippen LogP contribution in [0.5, 0.6) is 0 Å². The molecule has 1 atom stereocenters. The van der Waals surface area contributed by atoms with E-state index in [1.54, 1.807) is 18.0 Å². The molecule has 1 aromatic heterocycles. The van der Waals surface area contributed by atoms with Crippen molar-refractivity contribution < 1.29 is 0 Å². The van der Waals surface area contributed by atoms with Crippen LogP contribution in [0.4, 0.5) is 0 Å². The van der Waals surface area contributed by atoms with Crippen LogP contribution >= 0.6 is 23.4 Å². The molecule has 1 unspecified atom stereocenters. The summed E-state index contributed by atoms with van der Waals surface area (Å²) in [7, 11) is 0. The average molecular weight is 315 g/mol. The molecule has 1 heterocycles. The molecule has 0 radical (unpaired) electrons. The predicted molar refractivity (Wildman–Crippen MR) is 90.8 cm³/mol. The van der Waals surface area contributed by atoms with Crippen LogP contribution in [0.2, 0.25) is 5.02 Å². The Morgan fingerprint density at radius 1 is 1.10 bits per heavy atom. The first-order valence-electron chi connectivity index (χ1n) is 6.71. The molecule has 0 saturated carbocycles. The third kappa shape index (κ3) is 3.56. The molecule has 2 aromatic carbocycles. The number of rotatable bonds is 4. The topological polar surface area (TPSA) is 38.9 Å². The number of halogens is 1. The van der Waals surface area contributed by atoms with E-state index in [0.717, 1.165) is 32.1 Å². The predicted octanol–water partition coefficient (Wildman–Crippen LogP) is 4.68. The Morgan fingerprint density at radius 2 is 2.00 bits per heavy atom. The Morgan fingerprint density at radius 3 is 2.86 bits per heavy atom. The van der Waals surface area contributed by atoms with Crippen molar-refractivity contribution in [1.29, 1.82) is 0 Å². The van der Waals surface area contributed by atoms with Crippen LogP contribution in [0.3, 0.4) is 0 Å². The van der Waals surface area contributed by atoms with E-state index in [-0.39, 0.29) is 6.04 Å². The van der Waals surface area contributed by atoms with Crippen LogP contribution in [0, 0.1) is 0 Å². The number of thioether (sulfide) groups is 1. The standard InChI is InChI=1S/C17H15ClN2S/c18-14-4-1-5-15(10-14)21-11-16(19)13-7-6-12-3-2-8-20-17(12)9-13/h1-10,16H,11,19H2. The van der Waals surface area contributed by atoms with Gasteiger partial charge in [-0.15, -0.1) is 11.8 Å². The Balaban J connectivity index is 1.73. The van der Waals surface area contributed by atoms with E-state index in [1.165, 1.54) is 0 Å². The van der Waals surface area contributed by atoms with E-state index in [4.69, 9.17) is 17.3 Å². The molecule has 0 bridgehead atoms. The highest BCUT2D eigenvalue weighted by molar-refractivity contribution is 7.99. The molecule has 4 heteroatoms. The fourth-order valence-corrected chi connectivity index (χ4v) is 3.36. The summed E-state index contributed by atoms with van der Waals surface area (Å²) in [4.78, 5) is 5.51. The highest BCUT2D eigenvalue weighted by Gasteiger charge is 2.08. The number of hydrogen-bond acceptors (Lipinski definition) is 3. The van der Waals surface area contributed by atoms with Crippen molar-refractivity contribution in [2.24, 2.45) is 5.73 Å². The summed E-state index contributed by atoms with van der Waals surface area (Å²) in [5, 5.41) is 1.89. The lowest BCUT2D eigenvalue weighted by Crippen LogP contribution is -2.12. The van der Waals surface area contributed by atoms with Gasteiger partial charge in [-0.2, -0.15) is 0 Å². The van der Waals surface area contributed by atoms with Crippen LogP contribution in [0.1, 0.15) is 11.6 Å². The average Bonchev–Trinajstić information content (AvgIpc) is 2.52. The van der Waals surface area contributed by atoms with Gasteiger partial charge in [-0.3, -0.25) is 4.98 Å². The van der Waals surface area contributed by atoms with Gasteiger partial charge in [-0.25, -0.2) is 0 Å². The van der Waals surface area contributed by atoms with Gasteiger partial charge < -0.3 is 5.73 Å². The molecular formula is C17H15ClN2S. The summed E-state index contributed by atoms with van der Waals surface area (Å²) in [5.41, 5.74) is 8.38. The zero-order valence-corrected chi connectivity index (χ0v) is 12.9. The van der Waals surface area contributed by atoms with Gasteiger partial charge in [0.25, 0.3) is 0 Å². The molecule has 0 aliphatic rings. The van der Waals surface area contributed by atoms with Gasteiger partial charge in [-0.1, -0.05) is 35.9 Å². The number of nitrogens with zero attached hydrogens (tertiary/aromatic N) is 1. The minimum Gasteiger partial charge on any atom is -0.323 e. The molecular weight excluding hydrogens is 300 g/mol. The molecule has 106 valence electrons. The van der Waals surface area contributed by atoms with Gasteiger partial charge in [0.1, 0.15) is 0 Å². The monoisotopic (exact) mass is 314 g/mol. The molecule has 0 saturated heterocycles. The summed E-state index contributed by atoms with van der Waals surface area (Å²) in [5.74, 6) is 0.804. The largest absolute Gasteiger partial charge is 0.323 e. The fourth-order valence-electron chi connectivity index (χ4n) is 2.15. The maximum Gasteiger partial charge on any atom is 0.0705 e. The number of fused-ring (bicyclic) bond motifs is 1. The number of pyridine rings is 1. The van der Waals surface area contributed by atoms with Gasteiger partial charge in [0.05, 0.1) is 5.52 Å². The van der Waals surface area contributed by atoms with E-state index >= 15 is 0 Å². The fraction of sp³-hybridized carbons (Fsp3) is 0.118. The van der Waals surface area contributed by atoms with Crippen molar-refractivity contribution >= 4 is 34.3 Å². The smallest absolute Gasteiger partial charge is 0.0705 e. The number of benzene rings is 2. The first-order chi connectivity index (χ1) is 10.2. The van der Waals surface area contributed by atoms with Crippen molar-refractivity contribution in [3.63, 3.8) is 0 Å². The normalized spacial score (nSPS) is 12.5.